The van der Waals surface area contributed by atoms with Gasteiger partial charge >= 0.3 is 0 Å². The number of ketones is 1. The number of hydrogen-bond donors (Lipinski definition) is 0. The second-order valence-corrected chi connectivity index (χ2v) is 4.50. The topological polar surface area (TPSA) is 34.9 Å². The lowest BCUT2D eigenvalue weighted by Crippen LogP contribution is -2.14. The average molecular weight is 227 g/mol. The fourth-order valence-corrected chi connectivity index (χ4v) is 2.53. The van der Waals surface area contributed by atoms with Gasteiger partial charge < -0.3 is 0 Å². The summed E-state index contributed by atoms with van der Waals surface area (Å²) in [5.41, 5.74) is 0.544. The zero-order valence-electron chi connectivity index (χ0n) is 8.87. The third kappa shape index (κ3) is 2.07. The fraction of sp³-hybridized carbons (Fsp3) is 0.636. The first kappa shape index (κ1) is 10.7. The minimum absolute atomic E-state index is 0.0120. The Kier molecular flexibility index (Phi) is 3.10. The summed E-state index contributed by atoms with van der Waals surface area (Å²) in [5.74, 6) is -0.0120. The molecule has 1 fully saturated rings. The highest BCUT2D eigenvalue weighted by Gasteiger charge is 2.21. The first-order valence-electron chi connectivity index (χ1n) is 5.44. The van der Waals surface area contributed by atoms with E-state index in [0.717, 1.165) is 12.8 Å². The predicted molar refractivity (Wildman–Crippen MR) is 59.4 cm³/mol. The van der Waals surface area contributed by atoms with Crippen molar-refractivity contribution in [3.05, 3.63) is 16.9 Å². The first-order valence-corrected chi connectivity index (χ1v) is 5.82. The number of carbonyl (C=O) groups is 1. The van der Waals surface area contributed by atoms with Crippen LogP contribution in [-0.2, 0) is 0 Å². The molecule has 15 heavy (non-hydrogen) atoms. The summed E-state index contributed by atoms with van der Waals surface area (Å²) in [4.78, 5) is 11.2. The zero-order chi connectivity index (χ0) is 10.8. The molecule has 1 saturated carbocycles. The van der Waals surface area contributed by atoms with E-state index in [-0.39, 0.29) is 5.78 Å². The molecule has 0 bridgehead atoms. The highest BCUT2D eigenvalue weighted by molar-refractivity contribution is 6.32. The molecular weight excluding hydrogens is 212 g/mol. The van der Waals surface area contributed by atoms with Crippen LogP contribution in [0.4, 0.5) is 0 Å². The maximum atomic E-state index is 11.2. The summed E-state index contributed by atoms with van der Waals surface area (Å²) in [7, 11) is 0. The van der Waals surface area contributed by atoms with Gasteiger partial charge in [-0.3, -0.25) is 9.48 Å². The lowest BCUT2D eigenvalue weighted by Gasteiger charge is -2.22. The van der Waals surface area contributed by atoms with Gasteiger partial charge in [-0.2, -0.15) is 5.10 Å². The van der Waals surface area contributed by atoms with E-state index >= 15 is 0 Å². The van der Waals surface area contributed by atoms with Crippen molar-refractivity contribution in [2.75, 3.05) is 0 Å². The average Bonchev–Trinajstić information content (AvgIpc) is 2.61. The van der Waals surface area contributed by atoms with Gasteiger partial charge in [0.05, 0.1) is 17.8 Å². The SMILES string of the molecule is CC(=O)c1cnn(C2CCCCC2)c1Cl. The van der Waals surface area contributed by atoms with Gasteiger partial charge in [-0.15, -0.1) is 0 Å². The Balaban J connectivity index is 2.24. The van der Waals surface area contributed by atoms with Crippen molar-refractivity contribution in [1.29, 1.82) is 0 Å². The number of hydrogen-bond acceptors (Lipinski definition) is 2. The number of rotatable bonds is 2. The van der Waals surface area contributed by atoms with Crippen LogP contribution in [0.25, 0.3) is 0 Å². The summed E-state index contributed by atoms with van der Waals surface area (Å²) in [6.07, 6.45) is 7.60. The van der Waals surface area contributed by atoms with Gasteiger partial charge in [0.1, 0.15) is 5.15 Å². The predicted octanol–water partition coefficient (Wildman–Crippen LogP) is 3.24. The van der Waals surface area contributed by atoms with Gasteiger partial charge in [0.15, 0.2) is 5.78 Å². The molecule has 4 heteroatoms. The van der Waals surface area contributed by atoms with Crippen molar-refractivity contribution >= 4 is 17.4 Å². The Hall–Kier alpha value is -0.830. The van der Waals surface area contributed by atoms with Crippen LogP contribution in [0.2, 0.25) is 5.15 Å². The van der Waals surface area contributed by atoms with E-state index in [1.165, 1.54) is 26.2 Å². The van der Waals surface area contributed by atoms with Crippen molar-refractivity contribution < 1.29 is 4.79 Å². The molecular formula is C11H15ClN2O. The summed E-state index contributed by atoms with van der Waals surface area (Å²) in [6, 6.07) is 0.388. The first-order chi connectivity index (χ1) is 7.20. The smallest absolute Gasteiger partial charge is 0.164 e. The van der Waals surface area contributed by atoms with E-state index in [4.69, 9.17) is 11.6 Å². The highest BCUT2D eigenvalue weighted by Crippen LogP contribution is 2.31. The Morgan fingerprint density at radius 3 is 2.67 bits per heavy atom. The number of Topliss-reactive ketones (excluding diaryl/α,β-unsaturated/α-hetero) is 1. The minimum Gasteiger partial charge on any atom is -0.294 e. The van der Waals surface area contributed by atoms with Crippen LogP contribution in [0.1, 0.15) is 55.4 Å². The second-order valence-electron chi connectivity index (χ2n) is 4.14. The third-order valence-electron chi connectivity index (χ3n) is 3.03. The standard InChI is InChI=1S/C11H15ClN2O/c1-8(15)10-7-13-14(11(10)12)9-5-3-2-4-6-9/h7,9H,2-6H2,1H3. The summed E-state index contributed by atoms with van der Waals surface area (Å²) in [6.45, 7) is 1.52. The molecule has 82 valence electrons. The molecule has 1 aliphatic carbocycles. The van der Waals surface area contributed by atoms with E-state index in [1.807, 2.05) is 4.68 Å². The van der Waals surface area contributed by atoms with Crippen molar-refractivity contribution in [3.8, 4) is 0 Å². The molecule has 0 amide bonds. The van der Waals surface area contributed by atoms with Crippen LogP contribution in [0.15, 0.2) is 6.20 Å². The quantitative estimate of drug-likeness (QED) is 0.726. The molecule has 3 nitrogen and oxygen atoms in total. The van der Waals surface area contributed by atoms with E-state index in [1.54, 1.807) is 6.20 Å². The molecule has 0 radical (unpaired) electrons. The zero-order valence-corrected chi connectivity index (χ0v) is 9.63. The number of aromatic nitrogens is 2. The van der Waals surface area contributed by atoms with Crippen LogP contribution in [0, 0.1) is 0 Å². The van der Waals surface area contributed by atoms with E-state index < -0.39 is 0 Å². The molecule has 0 aliphatic heterocycles. The molecule has 0 unspecified atom stereocenters. The van der Waals surface area contributed by atoms with Crippen molar-refractivity contribution in [2.45, 2.75) is 45.1 Å². The largest absolute Gasteiger partial charge is 0.294 e. The fourth-order valence-electron chi connectivity index (χ4n) is 2.16. The number of nitrogens with zero attached hydrogens (tertiary/aromatic N) is 2. The van der Waals surface area contributed by atoms with Gasteiger partial charge in [-0.25, -0.2) is 0 Å². The lowest BCUT2D eigenvalue weighted by atomic mass is 9.96. The Morgan fingerprint density at radius 1 is 1.47 bits per heavy atom. The second kappa shape index (κ2) is 4.35. The van der Waals surface area contributed by atoms with E-state index in [2.05, 4.69) is 5.10 Å². The highest BCUT2D eigenvalue weighted by atomic mass is 35.5. The molecule has 0 N–H and O–H groups in total. The van der Waals surface area contributed by atoms with Crippen LogP contribution in [-0.4, -0.2) is 15.6 Å². The van der Waals surface area contributed by atoms with Gasteiger partial charge in [-0.05, 0) is 19.8 Å². The van der Waals surface area contributed by atoms with Crippen LogP contribution < -0.4 is 0 Å². The molecule has 0 saturated heterocycles. The Labute approximate surface area is 94.4 Å². The van der Waals surface area contributed by atoms with Crippen LogP contribution >= 0.6 is 11.6 Å². The molecule has 1 aromatic rings. The molecule has 1 aromatic heterocycles. The number of halogens is 1. The monoisotopic (exact) mass is 226 g/mol. The van der Waals surface area contributed by atoms with Crippen molar-refractivity contribution in [2.24, 2.45) is 0 Å². The molecule has 2 rings (SSSR count). The maximum absolute atomic E-state index is 11.2. The Morgan fingerprint density at radius 2 is 2.13 bits per heavy atom. The summed E-state index contributed by atoms with van der Waals surface area (Å²) >= 11 is 6.13. The lowest BCUT2D eigenvalue weighted by molar-refractivity contribution is 0.101. The molecule has 1 aliphatic rings. The van der Waals surface area contributed by atoms with Gasteiger partial charge in [0.2, 0.25) is 0 Å². The van der Waals surface area contributed by atoms with Gasteiger partial charge in [0.25, 0.3) is 0 Å². The Bertz CT molecular complexity index is 367. The van der Waals surface area contributed by atoms with Crippen LogP contribution in [0.3, 0.4) is 0 Å². The molecule has 0 spiro atoms. The minimum atomic E-state index is -0.0120. The summed E-state index contributed by atoms with van der Waals surface area (Å²) < 4.78 is 1.82. The van der Waals surface area contributed by atoms with Crippen LogP contribution in [0.5, 0.6) is 0 Å². The van der Waals surface area contributed by atoms with E-state index in [9.17, 15) is 4.79 Å². The van der Waals surface area contributed by atoms with Gasteiger partial charge in [-0.1, -0.05) is 30.9 Å². The van der Waals surface area contributed by atoms with Crippen molar-refractivity contribution in [3.63, 3.8) is 0 Å². The normalized spacial score (nSPS) is 18.0. The maximum Gasteiger partial charge on any atom is 0.164 e. The van der Waals surface area contributed by atoms with E-state index in [0.29, 0.717) is 16.8 Å². The molecule has 1 heterocycles. The molecule has 0 atom stereocenters. The third-order valence-corrected chi connectivity index (χ3v) is 3.41. The number of carbonyl (C=O) groups excluding carboxylic acids is 1. The molecule has 0 aromatic carbocycles. The summed E-state index contributed by atoms with van der Waals surface area (Å²) in [5, 5.41) is 4.73. The van der Waals surface area contributed by atoms with Gasteiger partial charge in [0, 0.05) is 0 Å². The van der Waals surface area contributed by atoms with Crippen molar-refractivity contribution in [1.82, 2.24) is 9.78 Å².